The van der Waals surface area contributed by atoms with E-state index in [1.807, 2.05) is 0 Å². The molecule has 0 saturated carbocycles. The summed E-state index contributed by atoms with van der Waals surface area (Å²) >= 11 is 0. The van der Waals surface area contributed by atoms with Gasteiger partial charge in [0.05, 0.1) is 18.7 Å². The minimum absolute atomic E-state index is 0.110. The van der Waals surface area contributed by atoms with Crippen LogP contribution in [-0.2, 0) is 0 Å². The fourth-order valence-electron chi connectivity index (χ4n) is 1.44. The van der Waals surface area contributed by atoms with Gasteiger partial charge in [-0.1, -0.05) is 5.16 Å². The smallest absolute Gasteiger partial charge is 0.257 e. The number of oxime groups is 1. The first-order valence-electron chi connectivity index (χ1n) is 5.50. The average molecular weight is 269 g/mol. The molecule has 1 aromatic rings. The van der Waals surface area contributed by atoms with Crippen LogP contribution in [0.2, 0.25) is 0 Å². The molecule has 1 amide bonds. The van der Waals surface area contributed by atoms with Gasteiger partial charge < -0.3 is 20.6 Å². The van der Waals surface area contributed by atoms with Crippen molar-refractivity contribution in [2.45, 2.75) is 13.0 Å². The van der Waals surface area contributed by atoms with E-state index in [0.717, 1.165) is 6.07 Å². The van der Waals surface area contributed by atoms with E-state index in [-0.39, 0.29) is 11.4 Å². The van der Waals surface area contributed by atoms with E-state index in [0.29, 0.717) is 5.75 Å². The third kappa shape index (κ3) is 3.12. The van der Waals surface area contributed by atoms with Crippen LogP contribution in [0.1, 0.15) is 17.3 Å². The van der Waals surface area contributed by atoms with E-state index in [1.54, 1.807) is 6.92 Å². The van der Waals surface area contributed by atoms with Crippen LogP contribution >= 0.6 is 0 Å². The van der Waals surface area contributed by atoms with Crippen molar-refractivity contribution in [3.63, 3.8) is 0 Å². The second-order valence-electron chi connectivity index (χ2n) is 3.96. The topological polar surface area (TPSA) is 88.2 Å². The Morgan fingerprint density at radius 1 is 1.58 bits per heavy atom. The SMILES string of the molecule is COc1ccc(C(=O)N(C)C(C)/C(N)=N/O)c(F)c1. The highest BCUT2D eigenvalue weighted by Gasteiger charge is 2.23. The van der Waals surface area contributed by atoms with Gasteiger partial charge in [0.1, 0.15) is 11.6 Å². The summed E-state index contributed by atoms with van der Waals surface area (Å²) in [5, 5.41) is 11.4. The molecule has 1 unspecified atom stereocenters. The number of carbonyl (C=O) groups is 1. The largest absolute Gasteiger partial charge is 0.497 e. The number of likely N-dealkylation sites (N-methyl/N-ethyl adjacent to an activating group) is 1. The Morgan fingerprint density at radius 3 is 2.68 bits per heavy atom. The van der Waals surface area contributed by atoms with Gasteiger partial charge in [-0.3, -0.25) is 4.79 Å². The van der Waals surface area contributed by atoms with Crippen LogP contribution < -0.4 is 10.5 Å². The zero-order chi connectivity index (χ0) is 14.6. The molecule has 0 aromatic heterocycles. The summed E-state index contributed by atoms with van der Waals surface area (Å²) in [7, 11) is 2.84. The summed E-state index contributed by atoms with van der Waals surface area (Å²) in [5.41, 5.74) is 5.30. The number of carbonyl (C=O) groups excluding carboxylic acids is 1. The highest BCUT2D eigenvalue weighted by atomic mass is 19.1. The molecule has 0 bridgehead atoms. The number of hydrogen-bond acceptors (Lipinski definition) is 4. The van der Waals surface area contributed by atoms with Crippen molar-refractivity contribution >= 4 is 11.7 Å². The minimum Gasteiger partial charge on any atom is -0.497 e. The molecule has 0 fully saturated rings. The van der Waals surface area contributed by atoms with Crippen molar-refractivity contribution in [3.05, 3.63) is 29.6 Å². The van der Waals surface area contributed by atoms with Crippen LogP contribution in [0, 0.1) is 5.82 Å². The van der Waals surface area contributed by atoms with Gasteiger partial charge in [0.15, 0.2) is 5.84 Å². The molecule has 0 aliphatic rings. The highest BCUT2D eigenvalue weighted by Crippen LogP contribution is 2.18. The first kappa shape index (κ1) is 14.7. The van der Waals surface area contributed by atoms with E-state index < -0.39 is 17.8 Å². The number of halogens is 1. The normalized spacial score (nSPS) is 12.9. The Morgan fingerprint density at radius 2 is 2.21 bits per heavy atom. The molecule has 0 aliphatic heterocycles. The summed E-state index contributed by atoms with van der Waals surface area (Å²) in [4.78, 5) is 13.3. The highest BCUT2D eigenvalue weighted by molar-refractivity contribution is 5.98. The quantitative estimate of drug-likeness (QED) is 0.370. The Kier molecular flexibility index (Phi) is 4.68. The second-order valence-corrected chi connectivity index (χ2v) is 3.96. The molecule has 104 valence electrons. The minimum atomic E-state index is -0.692. The van der Waals surface area contributed by atoms with Crippen LogP contribution in [0.25, 0.3) is 0 Å². The molecule has 7 heteroatoms. The fraction of sp³-hybridized carbons (Fsp3) is 0.333. The predicted octanol–water partition coefficient (Wildman–Crippen LogP) is 1.04. The second kappa shape index (κ2) is 6.03. The molecule has 0 radical (unpaired) electrons. The molecule has 0 saturated heterocycles. The van der Waals surface area contributed by atoms with Gasteiger partial charge in [0, 0.05) is 13.1 Å². The first-order valence-corrected chi connectivity index (χ1v) is 5.50. The lowest BCUT2D eigenvalue weighted by atomic mass is 10.1. The standard InChI is InChI=1S/C12H16FN3O3/c1-7(11(14)15-18)16(2)12(17)9-5-4-8(19-3)6-10(9)13/h4-7,18H,1-3H3,(H2,14,15). The number of methoxy groups -OCH3 is 1. The van der Waals surface area contributed by atoms with Crippen LogP contribution in [0.3, 0.4) is 0 Å². The van der Waals surface area contributed by atoms with Crippen molar-refractivity contribution in [1.82, 2.24) is 4.90 Å². The van der Waals surface area contributed by atoms with Gasteiger partial charge in [-0.15, -0.1) is 0 Å². The molecule has 1 aromatic carbocycles. The molecule has 6 nitrogen and oxygen atoms in total. The van der Waals surface area contributed by atoms with Crippen molar-refractivity contribution in [1.29, 1.82) is 0 Å². The number of amides is 1. The summed E-state index contributed by atoms with van der Waals surface area (Å²) in [6, 6.07) is 3.28. The number of nitrogens with two attached hydrogens (primary N) is 1. The number of nitrogens with zero attached hydrogens (tertiary/aromatic N) is 2. The zero-order valence-corrected chi connectivity index (χ0v) is 10.9. The van der Waals surface area contributed by atoms with Gasteiger partial charge in [-0.25, -0.2) is 4.39 Å². The van der Waals surface area contributed by atoms with Crippen molar-refractivity contribution in [2.75, 3.05) is 14.2 Å². The predicted molar refractivity (Wildman–Crippen MR) is 67.9 cm³/mol. The monoisotopic (exact) mass is 269 g/mol. The number of amidine groups is 1. The van der Waals surface area contributed by atoms with E-state index in [9.17, 15) is 9.18 Å². The van der Waals surface area contributed by atoms with E-state index in [2.05, 4.69) is 5.16 Å². The molecular formula is C12H16FN3O3. The maximum absolute atomic E-state index is 13.8. The van der Waals surface area contributed by atoms with Crippen molar-refractivity contribution in [3.8, 4) is 5.75 Å². The Labute approximate surface area is 110 Å². The molecule has 1 atom stereocenters. The molecule has 1 rings (SSSR count). The Bertz CT molecular complexity index is 505. The number of hydrogen-bond donors (Lipinski definition) is 2. The van der Waals surface area contributed by atoms with Gasteiger partial charge in [0.2, 0.25) is 0 Å². The third-order valence-electron chi connectivity index (χ3n) is 2.85. The van der Waals surface area contributed by atoms with Gasteiger partial charge in [-0.05, 0) is 19.1 Å². The van der Waals surface area contributed by atoms with Gasteiger partial charge in [0.25, 0.3) is 5.91 Å². The molecule has 0 aliphatic carbocycles. The molecule has 19 heavy (non-hydrogen) atoms. The number of rotatable bonds is 4. The maximum Gasteiger partial charge on any atom is 0.257 e. The zero-order valence-electron chi connectivity index (χ0n) is 10.9. The van der Waals surface area contributed by atoms with Crippen molar-refractivity contribution < 1.29 is 19.1 Å². The van der Waals surface area contributed by atoms with E-state index in [1.165, 1.54) is 31.2 Å². The maximum atomic E-state index is 13.8. The summed E-state index contributed by atoms with van der Waals surface area (Å²) < 4.78 is 18.6. The lowest BCUT2D eigenvalue weighted by molar-refractivity contribution is 0.0771. The van der Waals surface area contributed by atoms with Crippen LogP contribution in [0.4, 0.5) is 4.39 Å². The molecule has 0 heterocycles. The number of ether oxygens (including phenoxy) is 1. The average Bonchev–Trinajstić information content (AvgIpc) is 2.43. The van der Waals surface area contributed by atoms with Crippen LogP contribution in [0.5, 0.6) is 5.75 Å². The van der Waals surface area contributed by atoms with Crippen LogP contribution in [-0.4, -0.2) is 42.0 Å². The Balaban J connectivity index is 3.00. The molecule has 0 spiro atoms. The van der Waals surface area contributed by atoms with Crippen molar-refractivity contribution in [2.24, 2.45) is 10.9 Å². The van der Waals surface area contributed by atoms with E-state index in [4.69, 9.17) is 15.7 Å². The fourth-order valence-corrected chi connectivity index (χ4v) is 1.44. The van der Waals surface area contributed by atoms with E-state index >= 15 is 0 Å². The lowest BCUT2D eigenvalue weighted by Gasteiger charge is -2.24. The van der Waals surface area contributed by atoms with Gasteiger partial charge in [-0.2, -0.15) is 0 Å². The van der Waals surface area contributed by atoms with Crippen LogP contribution in [0.15, 0.2) is 23.4 Å². The Hall–Kier alpha value is -2.31. The first-order chi connectivity index (χ1) is 8.92. The summed E-state index contributed by atoms with van der Waals surface area (Å²) in [6.45, 7) is 1.56. The number of benzene rings is 1. The van der Waals surface area contributed by atoms with Gasteiger partial charge >= 0.3 is 0 Å². The lowest BCUT2D eigenvalue weighted by Crippen LogP contribution is -2.44. The summed E-state index contributed by atoms with van der Waals surface area (Å²) in [5.74, 6) is -1.08. The summed E-state index contributed by atoms with van der Waals surface area (Å²) in [6.07, 6.45) is 0. The molecular weight excluding hydrogens is 253 g/mol. The third-order valence-corrected chi connectivity index (χ3v) is 2.85. The molecule has 3 N–H and O–H groups in total.